The van der Waals surface area contributed by atoms with Gasteiger partial charge in [0.1, 0.15) is 6.04 Å². The summed E-state index contributed by atoms with van der Waals surface area (Å²) < 4.78 is 0.965. The molecule has 2 heterocycles. The van der Waals surface area contributed by atoms with Crippen LogP contribution in [0.5, 0.6) is 0 Å². The largest absolute Gasteiger partial charge is 0.341 e. The highest BCUT2D eigenvalue weighted by molar-refractivity contribution is 9.10. The maximum Gasteiger partial charge on any atom is 0.327 e. The van der Waals surface area contributed by atoms with Crippen LogP contribution in [-0.4, -0.2) is 6.03 Å². The zero-order valence-electron chi connectivity index (χ0n) is 18.4. The summed E-state index contributed by atoms with van der Waals surface area (Å²) in [5, 5.41) is 12.5. The molecule has 0 bridgehead atoms. The summed E-state index contributed by atoms with van der Waals surface area (Å²) in [5.74, 6) is 0. The summed E-state index contributed by atoms with van der Waals surface area (Å²) >= 11 is 3.61. The van der Waals surface area contributed by atoms with Crippen molar-refractivity contribution in [2.45, 2.75) is 31.8 Å². The molecule has 33 heavy (non-hydrogen) atoms. The number of hydrogen-bond donors (Lipinski definition) is 1. The lowest BCUT2D eigenvalue weighted by molar-refractivity contribution is 0.252. The average molecular weight is 499 g/mol. The Labute approximate surface area is 202 Å². The maximum absolute atomic E-state index is 13.1. The molecule has 0 aromatic heterocycles. The van der Waals surface area contributed by atoms with Crippen molar-refractivity contribution >= 4 is 33.3 Å². The van der Waals surface area contributed by atoms with Gasteiger partial charge in [-0.25, -0.2) is 4.79 Å². The molecule has 2 aliphatic rings. The first-order valence-electron chi connectivity index (χ1n) is 10.8. The molecule has 1 saturated heterocycles. The van der Waals surface area contributed by atoms with E-state index in [-0.39, 0.29) is 12.1 Å². The summed E-state index contributed by atoms with van der Waals surface area (Å²) in [4.78, 5) is 17.1. The molecule has 2 amide bonds. The van der Waals surface area contributed by atoms with E-state index in [2.05, 4.69) is 56.5 Å². The maximum atomic E-state index is 13.1. The minimum absolute atomic E-state index is 0.161. The van der Waals surface area contributed by atoms with E-state index in [4.69, 9.17) is 0 Å². The third-order valence-electron chi connectivity index (χ3n) is 6.25. The van der Waals surface area contributed by atoms with E-state index in [9.17, 15) is 10.1 Å². The lowest BCUT2D eigenvalue weighted by atomic mass is 9.86. The molecule has 5 rings (SSSR count). The van der Waals surface area contributed by atoms with Crippen LogP contribution in [-0.2, 0) is 12.0 Å². The smallest absolute Gasteiger partial charge is 0.327 e. The molecule has 3 aromatic carbocycles. The Balaban J connectivity index is 1.55. The van der Waals surface area contributed by atoms with Gasteiger partial charge in [-0.2, -0.15) is 5.26 Å². The number of carbonyl (C=O) groups is 1. The molecule has 0 saturated carbocycles. The van der Waals surface area contributed by atoms with Crippen molar-refractivity contribution in [1.82, 2.24) is 5.32 Å². The standard InChI is InChI=1S/C27H23BrN4O/c1-27(2,17-29)19-8-11-21(12-9-19)32-25-22-14-20(28)10-13-24(22)31(16-23(25)30-26(32)33)15-18-6-4-3-5-7-18/h3-14,16,25H,15H2,1-2H3,(H,30,33). The SMILES string of the molecule is CC(C)(C#N)c1ccc(N2C(=O)NC3=CN(Cc4ccccc4)c4ccc(Br)cc4C32)cc1. The first-order valence-corrected chi connectivity index (χ1v) is 11.6. The molecule has 0 radical (unpaired) electrons. The zero-order valence-corrected chi connectivity index (χ0v) is 20.0. The van der Waals surface area contributed by atoms with Gasteiger partial charge in [-0.05, 0) is 55.3 Å². The molecule has 5 nitrogen and oxygen atoms in total. The van der Waals surface area contributed by atoms with Gasteiger partial charge < -0.3 is 10.2 Å². The molecule has 0 spiro atoms. The topological polar surface area (TPSA) is 59.4 Å². The molecule has 164 valence electrons. The van der Waals surface area contributed by atoms with Gasteiger partial charge in [0.05, 0.1) is 17.2 Å². The lowest BCUT2D eigenvalue weighted by Crippen LogP contribution is -2.31. The van der Waals surface area contributed by atoms with Crippen LogP contribution in [0, 0.1) is 11.3 Å². The van der Waals surface area contributed by atoms with Crippen molar-refractivity contribution in [1.29, 1.82) is 5.26 Å². The van der Waals surface area contributed by atoms with Gasteiger partial charge >= 0.3 is 6.03 Å². The first kappa shape index (κ1) is 21.3. The highest BCUT2D eigenvalue weighted by atomic mass is 79.9. The summed E-state index contributed by atoms with van der Waals surface area (Å²) in [5.41, 5.74) is 5.29. The van der Waals surface area contributed by atoms with Crippen LogP contribution in [0.3, 0.4) is 0 Å². The van der Waals surface area contributed by atoms with Gasteiger partial charge in [0.25, 0.3) is 0 Å². The second-order valence-corrected chi connectivity index (χ2v) is 9.80. The van der Waals surface area contributed by atoms with Gasteiger partial charge in [0.15, 0.2) is 0 Å². The number of halogens is 1. The Morgan fingerprint density at radius 3 is 2.48 bits per heavy atom. The number of rotatable bonds is 4. The number of hydrogen-bond acceptors (Lipinski definition) is 3. The van der Waals surface area contributed by atoms with Gasteiger partial charge in [-0.15, -0.1) is 0 Å². The van der Waals surface area contributed by atoms with Crippen molar-refractivity contribution in [3.8, 4) is 6.07 Å². The lowest BCUT2D eigenvalue weighted by Gasteiger charge is -2.34. The van der Waals surface area contributed by atoms with Crippen molar-refractivity contribution in [3.05, 3.63) is 106 Å². The molecular formula is C27H23BrN4O. The molecule has 6 heteroatoms. The molecule has 2 aliphatic heterocycles. The summed E-state index contributed by atoms with van der Waals surface area (Å²) in [6.07, 6.45) is 2.04. The number of nitrogens with one attached hydrogen (secondary N) is 1. The molecule has 3 aromatic rings. The Hall–Kier alpha value is -3.56. The number of fused-ring (bicyclic) bond motifs is 3. The third kappa shape index (κ3) is 3.79. The first-order chi connectivity index (χ1) is 15.9. The summed E-state index contributed by atoms with van der Waals surface area (Å²) in [7, 11) is 0. The highest BCUT2D eigenvalue weighted by Crippen LogP contribution is 2.45. The number of nitrogens with zero attached hydrogens (tertiary/aromatic N) is 3. The van der Waals surface area contributed by atoms with Crippen LogP contribution in [0.15, 0.2) is 89.2 Å². The number of benzene rings is 3. The Kier molecular flexibility index (Phi) is 5.22. The normalized spacial score (nSPS) is 17.1. The Morgan fingerprint density at radius 2 is 1.79 bits per heavy atom. The van der Waals surface area contributed by atoms with Gasteiger partial charge in [0, 0.05) is 34.2 Å². The van der Waals surface area contributed by atoms with Crippen molar-refractivity contribution < 1.29 is 4.79 Å². The predicted octanol–water partition coefficient (Wildman–Crippen LogP) is 6.38. The van der Waals surface area contributed by atoms with E-state index >= 15 is 0 Å². The van der Waals surface area contributed by atoms with Crippen LogP contribution in [0.25, 0.3) is 0 Å². The van der Waals surface area contributed by atoms with E-state index in [1.165, 1.54) is 5.56 Å². The highest BCUT2D eigenvalue weighted by Gasteiger charge is 2.42. The van der Waals surface area contributed by atoms with Gasteiger partial charge in [-0.3, -0.25) is 4.90 Å². The Bertz CT molecular complexity index is 1290. The minimum Gasteiger partial charge on any atom is -0.341 e. The third-order valence-corrected chi connectivity index (χ3v) is 6.75. The molecule has 1 unspecified atom stereocenters. The van der Waals surface area contributed by atoms with E-state index in [0.29, 0.717) is 6.54 Å². The molecular weight excluding hydrogens is 476 g/mol. The number of nitriles is 1. The molecule has 1 fully saturated rings. The second kappa shape index (κ2) is 8.09. The number of urea groups is 1. The summed E-state index contributed by atoms with van der Waals surface area (Å²) in [6, 6.07) is 26.1. The number of carbonyl (C=O) groups excluding carboxylic acids is 1. The van der Waals surface area contributed by atoms with E-state index in [0.717, 1.165) is 32.7 Å². The van der Waals surface area contributed by atoms with Crippen molar-refractivity contribution in [2.24, 2.45) is 0 Å². The van der Waals surface area contributed by atoms with Crippen LogP contribution in [0.2, 0.25) is 0 Å². The van der Waals surface area contributed by atoms with E-state index < -0.39 is 5.41 Å². The summed E-state index contributed by atoms with van der Waals surface area (Å²) in [6.45, 7) is 4.49. The zero-order chi connectivity index (χ0) is 23.2. The molecule has 1 N–H and O–H groups in total. The van der Waals surface area contributed by atoms with Crippen molar-refractivity contribution in [3.63, 3.8) is 0 Å². The average Bonchev–Trinajstić information content (AvgIpc) is 3.15. The van der Waals surface area contributed by atoms with Crippen molar-refractivity contribution in [2.75, 3.05) is 9.80 Å². The molecule has 0 aliphatic carbocycles. The predicted molar refractivity (Wildman–Crippen MR) is 134 cm³/mol. The van der Waals surface area contributed by atoms with Gasteiger partial charge in [-0.1, -0.05) is 58.4 Å². The van der Waals surface area contributed by atoms with Gasteiger partial charge in [0.2, 0.25) is 0 Å². The second-order valence-electron chi connectivity index (χ2n) is 8.89. The number of amides is 2. The number of anilines is 2. The fourth-order valence-corrected chi connectivity index (χ4v) is 4.82. The Morgan fingerprint density at radius 1 is 1.06 bits per heavy atom. The fourth-order valence-electron chi connectivity index (χ4n) is 4.44. The van der Waals surface area contributed by atoms with E-state index in [1.54, 1.807) is 4.90 Å². The monoisotopic (exact) mass is 498 g/mol. The van der Waals surface area contributed by atoms with E-state index in [1.807, 2.05) is 68.6 Å². The fraction of sp³-hybridized carbons (Fsp3) is 0.185. The minimum atomic E-state index is -0.586. The van der Waals surface area contributed by atoms with Crippen LogP contribution >= 0.6 is 15.9 Å². The molecule has 1 atom stereocenters. The van der Waals surface area contributed by atoms with Crippen LogP contribution in [0.4, 0.5) is 16.2 Å². The van der Waals surface area contributed by atoms with Crippen LogP contribution < -0.4 is 15.1 Å². The quantitative estimate of drug-likeness (QED) is 0.453. The van der Waals surface area contributed by atoms with Crippen LogP contribution in [0.1, 0.15) is 36.6 Å².